The van der Waals surface area contributed by atoms with Gasteiger partial charge in [0.2, 0.25) is 0 Å². The van der Waals surface area contributed by atoms with E-state index in [1.54, 1.807) is 0 Å². The van der Waals surface area contributed by atoms with Gasteiger partial charge in [0.1, 0.15) is 12.2 Å². The lowest BCUT2D eigenvalue weighted by molar-refractivity contribution is -0.160. The van der Waals surface area contributed by atoms with Crippen LogP contribution < -0.4 is 0 Å². The second kappa shape index (κ2) is 3.47. The molecule has 0 N–H and O–H groups in total. The van der Waals surface area contributed by atoms with Gasteiger partial charge in [-0.1, -0.05) is 0 Å². The fraction of sp³-hybridized carbons (Fsp3) is 0.625. The lowest BCUT2D eigenvalue weighted by Crippen LogP contribution is -2.15. The molecule has 1 rings (SSSR count). The summed E-state index contributed by atoms with van der Waals surface area (Å²) in [6.45, 7) is 1.28. The van der Waals surface area contributed by atoms with Gasteiger partial charge in [0.25, 0.3) is 0 Å². The Morgan fingerprint density at radius 1 is 1.33 bits per heavy atom. The molecule has 1 aliphatic rings. The Hall–Kier alpha value is -1.19. The fourth-order valence-electron chi connectivity index (χ4n) is 0.754. The van der Waals surface area contributed by atoms with Crippen molar-refractivity contribution in [1.29, 1.82) is 0 Å². The Labute approximate surface area is 69.9 Å². The van der Waals surface area contributed by atoms with Gasteiger partial charge < -0.3 is 4.74 Å². The van der Waals surface area contributed by atoms with Gasteiger partial charge in [-0.3, -0.25) is 14.4 Å². The molecule has 4 heteroatoms. The number of rotatable bonds is 3. The van der Waals surface area contributed by atoms with Crippen LogP contribution in [0.1, 0.15) is 26.2 Å². The van der Waals surface area contributed by atoms with Crippen molar-refractivity contribution in [1.82, 2.24) is 0 Å². The molecule has 0 aromatic heterocycles. The Balaban J connectivity index is 2.25. The summed E-state index contributed by atoms with van der Waals surface area (Å²) in [6, 6.07) is 0. The van der Waals surface area contributed by atoms with Crippen molar-refractivity contribution in [3.05, 3.63) is 0 Å². The molecule has 1 fully saturated rings. The third kappa shape index (κ3) is 2.82. The van der Waals surface area contributed by atoms with Crippen LogP contribution in [0.5, 0.6) is 0 Å². The monoisotopic (exact) mass is 170 g/mol. The van der Waals surface area contributed by atoms with Crippen LogP contribution in [0.25, 0.3) is 0 Å². The largest absolute Gasteiger partial charge is 0.393 e. The Morgan fingerprint density at radius 3 is 2.33 bits per heavy atom. The van der Waals surface area contributed by atoms with Gasteiger partial charge in [-0.25, -0.2) is 0 Å². The molecule has 0 unspecified atom stereocenters. The van der Waals surface area contributed by atoms with Crippen molar-refractivity contribution in [2.45, 2.75) is 26.2 Å². The van der Waals surface area contributed by atoms with Gasteiger partial charge in [0.15, 0.2) is 0 Å². The molecule has 66 valence electrons. The summed E-state index contributed by atoms with van der Waals surface area (Å²) in [6.07, 6.45) is 1.29. The van der Waals surface area contributed by atoms with E-state index in [0.29, 0.717) is 0 Å². The number of carbonyl (C=O) groups excluding carboxylic acids is 3. The number of hydrogen-bond acceptors (Lipinski definition) is 4. The van der Waals surface area contributed by atoms with Crippen molar-refractivity contribution in [2.75, 3.05) is 0 Å². The highest BCUT2D eigenvalue weighted by Gasteiger charge is 2.32. The van der Waals surface area contributed by atoms with Crippen LogP contribution in [-0.2, 0) is 19.1 Å². The zero-order valence-corrected chi connectivity index (χ0v) is 6.83. The first-order valence-electron chi connectivity index (χ1n) is 3.83. The summed E-state index contributed by atoms with van der Waals surface area (Å²) in [4.78, 5) is 32.0. The van der Waals surface area contributed by atoms with Crippen LogP contribution >= 0.6 is 0 Å². The molecular formula is C8H10O4. The first-order valence-corrected chi connectivity index (χ1v) is 3.83. The topological polar surface area (TPSA) is 60.4 Å². The fourth-order valence-corrected chi connectivity index (χ4v) is 0.754. The second-order valence-corrected chi connectivity index (χ2v) is 2.95. The zero-order chi connectivity index (χ0) is 9.14. The number of Topliss-reactive ketones (excluding diaryl/α,β-unsaturated/α-hetero) is 1. The van der Waals surface area contributed by atoms with Gasteiger partial charge in [0.05, 0.1) is 5.92 Å². The molecule has 0 heterocycles. The van der Waals surface area contributed by atoms with E-state index in [9.17, 15) is 14.4 Å². The summed E-state index contributed by atoms with van der Waals surface area (Å²) in [5, 5.41) is 0. The smallest absolute Gasteiger partial charge is 0.320 e. The van der Waals surface area contributed by atoms with Crippen molar-refractivity contribution in [3.8, 4) is 0 Å². The molecule has 0 aromatic rings. The molecule has 4 nitrogen and oxygen atoms in total. The Bertz CT molecular complexity index is 227. The number of carbonyl (C=O) groups is 3. The number of ether oxygens (including phenoxy) is 1. The second-order valence-electron chi connectivity index (χ2n) is 2.95. The molecular weight excluding hydrogens is 160 g/mol. The lowest BCUT2D eigenvalue weighted by Gasteiger charge is -1.98. The molecule has 0 radical (unpaired) electrons. The SMILES string of the molecule is CC(=O)CC(=O)OC(=O)C1CC1. The third-order valence-electron chi connectivity index (χ3n) is 1.52. The molecule has 0 bridgehead atoms. The molecule has 0 aliphatic heterocycles. The van der Waals surface area contributed by atoms with Crippen LogP contribution in [-0.4, -0.2) is 17.7 Å². The van der Waals surface area contributed by atoms with E-state index < -0.39 is 11.9 Å². The van der Waals surface area contributed by atoms with Crippen molar-refractivity contribution < 1.29 is 19.1 Å². The summed E-state index contributed by atoms with van der Waals surface area (Å²) < 4.78 is 4.39. The Morgan fingerprint density at radius 2 is 1.92 bits per heavy atom. The van der Waals surface area contributed by atoms with Gasteiger partial charge >= 0.3 is 11.9 Å². The van der Waals surface area contributed by atoms with Crippen molar-refractivity contribution in [3.63, 3.8) is 0 Å². The first kappa shape index (κ1) is 8.90. The standard InChI is InChI=1S/C8H10O4/c1-5(9)4-7(10)12-8(11)6-2-3-6/h6H,2-4H2,1H3. The predicted molar refractivity (Wildman–Crippen MR) is 39.1 cm³/mol. The normalized spacial score (nSPS) is 15.4. The molecule has 0 atom stereocenters. The maximum Gasteiger partial charge on any atom is 0.320 e. The average Bonchev–Trinajstić information content (AvgIpc) is 2.63. The van der Waals surface area contributed by atoms with Crippen LogP contribution in [0.3, 0.4) is 0 Å². The zero-order valence-electron chi connectivity index (χ0n) is 6.83. The average molecular weight is 170 g/mol. The Kier molecular flexibility index (Phi) is 2.58. The highest BCUT2D eigenvalue weighted by molar-refractivity contribution is 5.98. The minimum Gasteiger partial charge on any atom is -0.393 e. The van der Waals surface area contributed by atoms with E-state index in [1.807, 2.05) is 0 Å². The van der Waals surface area contributed by atoms with Crippen LogP contribution in [0.15, 0.2) is 0 Å². The lowest BCUT2D eigenvalue weighted by atomic mass is 10.3. The summed E-state index contributed by atoms with van der Waals surface area (Å²) in [5.74, 6) is -1.61. The van der Waals surface area contributed by atoms with Crippen LogP contribution in [0.4, 0.5) is 0 Å². The van der Waals surface area contributed by atoms with E-state index in [-0.39, 0.29) is 18.1 Å². The highest BCUT2D eigenvalue weighted by atomic mass is 16.6. The minimum atomic E-state index is -0.737. The van der Waals surface area contributed by atoms with Crippen molar-refractivity contribution >= 4 is 17.7 Å². The van der Waals surface area contributed by atoms with Gasteiger partial charge in [-0.2, -0.15) is 0 Å². The maximum absolute atomic E-state index is 10.8. The molecule has 1 saturated carbocycles. The molecule has 0 saturated heterocycles. The number of esters is 2. The molecule has 1 aliphatic carbocycles. The third-order valence-corrected chi connectivity index (χ3v) is 1.52. The minimum absolute atomic E-state index is 0.0964. The molecule has 12 heavy (non-hydrogen) atoms. The van der Waals surface area contributed by atoms with Crippen molar-refractivity contribution in [2.24, 2.45) is 5.92 Å². The highest BCUT2D eigenvalue weighted by Crippen LogP contribution is 2.30. The summed E-state index contributed by atoms with van der Waals surface area (Å²) in [7, 11) is 0. The summed E-state index contributed by atoms with van der Waals surface area (Å²) >= 11 is 0. The van der Waals surface area contributed by atoms with E-state index >= 15 is 0 Å². The molecule has 0 amide bonds. The van der Waals surface area contributed by atoms with E-state index in [1.165, 1.54) is 6.92 Å². The summed E-state index contributed by atoms with van der Waals surface area (Å²) in [5.41, 5.74) is 0. The number of ketones is 1. The van der Waals surface area contributed by atoms with E-state index in [0.717, 1.165) is 12.8 Å². The van der Waals surface area contributed by atoms with E-state index in [4.69, 9.17) is 0 Å². The van der Waals surface area contributed by atoms with Crippen LogP contribution in [0, 0.1) is 5.92 Å². The van der Waals surface area contributed by atoms with E-state index in [2.05, 4.69) is 4.74 Å². The van der Waals surface area contributed by atoms with Gasteiger partial charge in [-0.15, -0.1) is 0 Å². The van der Waals surface area contributed by atoms with Gasteiger partial charge in [-0.05, 0) is 19.8 Å². The van der Waals surface area contributed by atoms with Crippen LogP contribution in [0.2, 0.25) is 0 Å². The molecule has 0 spiro atoms. The molecule has 0 aromatic carbocycles. The number of hydrogen-bond donors (Lipinski definition) is 0. The van der Waals surface area contributed by atoms with Gasteiger partial charge in [0, 0.05) is 0 Å². The first-order chi connectivity index (χ1) is 5.59. The maximum atomic E-state index is 10.8. The quantitative estimate of drug-likeness (QED) is 0.455. The predicted octanol–water partition coefficient (Wildman–Crippen LogP) is 0.445.